The van der Waals surface area contributed by atoms with Crippen molar-refractivity contribution >= 4 is 70.0 Å². The summed E-state index contributed by atoms with van der Waals surface area (Å²) in [6, 6.07) is 31.9. The molecule has 0 aliphatic rings. The Hall–Kier alpha value is -3.83. The van der Waals surface area contributed by atoms with Gasteiger partial charge in [0.25, 0.3) is 0 Å². The molecule has 6 aromatic carbocycles. The molecule has 0 amide bonds. The van der Waals surface area contributed by atoms with Crippen LogP contribution in [-0.2, 0) is 0 Å². The van der Waals surface area contributed by atoms with Crippen LogP contribution in [-0.4, -0.2) is 16.1 Å². The smallest absolute Gasteiger partial charge is 0.125 e. The van der Waals surface area contributed by atoms with Gasteiger partial charge in [-0.25, -0.2) is 0 Å². The second-order valence-electron chi connectivity index (χ2n) is 16.7. The Bertz CT molecular complexity index is 2150. The molecule has 0 N–H and O–H groups in total. The van der Waals surface area contributed by atoms with Crippen LogP contribution in [0.5, 0.6) is 0 Å². The lowest BCUT2D eigenvalue weighted by molar-refractivity contribution is 0.838. The molecule has 2 heteroatoms. The van der Waals surface area contributed by atoms with Gasteiger partial charge in [0.2, 0.25) is 0 Å². The zero-order valence-corrected chi connectivity index (χ0v) is 34.5. The minimum Gasteiger partial charge on any atom is -0.125 e. The Morgan fingerprint density at radius 3 is 1.00 bits per heavy atom. The molecule has 0 aliphatic carbocycles. The van der Waals surface area contributed by atoms with Gasteiger partial charge in [-0.3, -0.25) is 0 Å². The molecular formula is C48H56Si2. The highest BCUT2D eigenvalue weighted by Gasteiger charge is 2.42. The molecule has 0 spiro atoms. The molecule has 0 heterocycles. The van der Waals surface area contributed by atoms with Crippen molar-refractivity contribution in [3.63, 3.8) is 0 Å². The van der Waals surface area contributed by atoms with Crippen LogP contribution in [0.1, 0.15) is 94.2 Å². The first-order valence-electron chi connectivity index (χ1n) is 19.0. The standard InChI is InChI=1S/C48H56Si2/c1-31(2)49(32(3)4,33(5)6)27-25-39-29-45-44-24-22-38-18-14-16-20-42(38)48(44)40(26-28-50(34(7)8,35(9)10)36(11)12)30-46(45)43-23-21-37-17-13-15-19-41(37)47(39)43/h13-24,29-36H,1-12H3. The van der Waals surface area contributed by atoms with E-state index in [1.165, 1.54) is 53.9 Å². The third kappa shape index (κ3) is 5.70. The predicted octanol–water partition coefficient (Wildman–Crippen LogP) is 14.6. The Labute approximate surface area is 304 Å². The van der Waals surface area contributed by atoms with Crippen molar-refractivity contribution in [1.82, 2.24) is 0 Å². The van der Waals surface area contributed by atoms with Gasteiger partial charge in [-0.05, 0) is 88.5 Å². The summed E-state index contributed by atoms with van der Waals surface area (Å²) in [4.78, 5) is 0. The fraction of sp³-hybridized carbons (Fsp3) is 0.375. The highest BCUT2D eigenvalue weighted by atomic mass is 28.3. The van der Waals surface area contributed by atoms with E-state index in [1.54, 1.807) is 0 Å². The van der Waals surface area contributed by atoms with Crippen LogP contribution in [0.25, 0.3) is 53.9 Å². The third-order valence-electron chi connectivity index (χ3n) is 12.4. The van der Waals surface area contributed by atoms with Crippen molar-refractivity contribution in [3.8, 4) is 22.9 Å². The summed E-state index contributed by atoms with van der Waals surface area (Å²) in [5.41, 5.74) is 14.0. The molecule has 50 heavy (non-hydrogen) atoms. The van der Waals surface area contributed by atoms with E-state index in [-0.39, 0.29) is 0 Å². The highest BCUT2D eigenvalue weighted by molar-refractivity contribution is 6.91. The fourth-order valence-electron chi connectivity index (χ4n) is 10.0. The minimum atomic E-state index is -1.96. The van der Waals surface area contributed by atoms with Crippen LogP contribution in [0.3, 0.4) is 0 Å². The molecule has 6 aromatic rings. The van der Waals surface area contributed by atoms with Crippen LogP contribution in [0.4, 0.5) is 0 Å². The molecule has 0 fully saturated rings. The number of hydrogen-bond acceptors (Lipinski definition) is 0. The molecule has 6 rings (SSSR count). The van der Waals surface area contributed by atoms with Crippen molar-refractivity contribution in [2.75, 3.05) is 0 Å². The minimum absolute atomic E-state index is 0.574. The first-order chi connectivity index (χ1) is 23.7. The largest absolute Gasteiger partial charge is 0.146 e. The number of rotatable bonds is 6. The highest BCUT2D eigenvalue weighted by Crippen LogP contribution is 2.44. The Balaban J connectivity index is 1.82. The molecule has 0 bridgehead atoms. The van der Waals surface area contributed by atoms with E-state index >= 15 is 0 Å². The average molecular weight is 689 g/mol. The zero-order valence-electron chi connectivity index (χ0n) is 32.5. The molecule has 0 saturated carbocycles. The number of fused-ring (bicyclic) bond motifs is 9. The summed E-state index contributed by atoms with van der Waals surface area (Å²) < 4.78 is 0. The first kappa shape index (κ1) is 36.0. The van der Waals surface area contributed by atoms with E-state index in [0.717, 1.165) is 11.1 Å². The van der Waals surface area contributed by atoms with Gasteiger partial charge in [-0.15, -0.1) is 11.1 Å². The summed E-state index contributed by atoms with van der Waals surface area (Å²) in [5, 5.41) is 12.7. The lowest BCUT2D eigenvalue weighted by Gasteiger charge is -2.38. The molecule has 0 saturated heterocycles. The summed E-state index contributed by atoms with van der Waals surface area (Å²) in [5.74, 6) is 7.89. The van der Waals surface area contributed by atoms with Crippen molar-refractivity contribution in [1.29, 1.82) is 0 Å². The fourth-order valence-corrected chi connectivity index (χ4v) is 20.5. The first-order valence-corrected chi connectivity index (χ1v) is 23.5. The maximum absolute atomic E-state index is 4.10. The van der Waals surface area contributed by atoms with Gasteiger partial charge in [-0.2, -0.15) is 0 Å². The number of benzene rings is 6. The Morgan fingerprint density at radius 2 is 0.680 bits per heavy atom. The van der Waals surface area contributed by atoms with Crippen LogP contribution in [0.15, 0.2) is 84.9 Å². The summed E-state index contributed by atoms with van der Waals surface area (Å²) >= 11 is 0. The maximum Gasteiger partial charge on any atom is 0.146 e. The lowest BCUT2D eigenvalue weighted by atomic mass is 9.88. The second-order valence-corrected chi connectivity index (χ2v) is 27.8. The molecule has 0 unspecified atom stereocenters. The number of hydrogen-bond donors (Lipinski definition) is 0. The van der Waals surface area contributed by atoms with E-state index in [4.69, 9.17) is 0 Å². The van der Waals surface area contributed by atoms with E-state index in [1.807, 2.05) is 0 Å². The average Bonchev–Trinajstić information content (AvgIpc) is 3.07. The van der Waals surface area contributed by atoms with Crippen LogP contribution in [0, 0.1) is 22.9 Å². The van der Waals surface area contributed by atoms with Crippen molar-refractivity contribution < 1.29 is 0 Å². The van der Waals surface area contributed by atoms with Crippen molar-refractivity contribution in [2.45, 2.75) is 116 Å². The molecule has 0 atom stereocenters. The molecule has 0 aliphatic heterocycles. The lowest BCUT2D eigenvalue weighted by Crippen LogP contribution is -2.43. The summed E-state index contributed by atoms with van der Waals surface area (Å²) in [7, 11) is -3.93. The van der Waals surface area contributed by atoms with E-state index in [0.29, 0.717) is 33.2 Å². The predicted molar refractivity (Wildman–Crippen MR) is 230 cm³/mol. The van der Waals surface area contributed by atoms with E-state index in [9.17, 15) is 0 Å². The van der Waals surface area contributed by atoms with Crippen LogP contribution in [0.2, 0.25) is 33.2 Å². The van der Waals surface area contributed by atoms with Crippen LogP contribution < -0.4 is 0 Å². The Kier molecular flexibility index (Phi) is 9.87. The van der Waals surface area contributed by atoms with Crippen molar-refractivity contribution in [3.05, 3.63) is 96.1 Å². The van der Waals surface area contributed by atoms with Gasteiger partial charge in [0.05, 0.1) is 0 Å². The van der Waals surface area contributed by atoms with Crippen molar-refractivity contribution in [2.24, 2.45) is 0 Å². The van der Waals surface area contributed by atoms with Gasteiger partial charge in [0, 0.05) is 21.9 Å². The van der Waals surface area contributed by atoms with Gasteiger partial charge in [0.15, 0.2) is 0 Å². The van der Waals surface area contributed by atoms with Crippen LogP contribution >= 0.6 is 0 Å². The molecule has 0 radical (unpaired) electrons. The Morgan fingerprint density at radius 1 is 0.360 bits per heavy atom. The zero-order chi connectivity index (χ0) is 36.1. The van der Waals surface area contributed by atoms with Gasteiger partial charge in [0.1, 0.15) is 16.1 Å². The van der Waals surface area contributed by atoms with E-state index < -0.39 is 16.1 Å². The maximum atomic E-state index is 4.10. The molecular weight excluding hydrogens is 633 g/mol. The van der Waals surface area contributed by atoms with Gasteiger partial charge >= 0.3 is 0 Å². The quantitative estimate of drug-likeness (QED) is 0.0928. The van der Waals surface area contributed by atoms with E-state index in [2.05, 4.69) is 191 Å². The summed E-state index contributed by atoms with van der Waals surface area (Å²) in [6.45, 7) is 28.9. The normalized spacial score (nSPS) is 12.8. The topological polar surface area (TPSA) is 0 Å². The molecule has 0 nitrogen and oxygen atoms in total. The SMILES string of the molecule is CC(C)[Si](C#Cc1cc2c(cc(C#C[Si](C(C)C)(C(C)C)C(C)C)c3c4ccccc4ccc23)c2ccc3ccccc3c12)(C(C)C)C(C)C. The van der Waals surface area contributed by atoms with Gasteiger partial charge in [-0.1, -0.05) is 168 Å². The monoisotopic (exact) mass is 688 g/mol. The third-order valence-corrected chi connectivity index (χ3v) is 25.0. The molecule has 256 valence electrons. The van der Waals surface area contributed by atoms with Gasteiger partial charge < -0.3 is 0 Å². The molecule has 0 aromatic heterocycles. The summed E-state index contributed by atoms with van der Waals surface area (Å²) in [6.07, 6.45) is 0. The second kappa shape index (κ2) is 13.7.